The van der Waals surface area contributed by atoms with Gasteiger partial charge in [0.25, 0.3) is 0 Å². The smallest absolute Gasteiger partial charge is 0.358 e. The lowest BCUT2D eigenvalue weighted by Crippen LogP contribution is -2.04. The van der Waals surface area contributed by atoms with Gasteiger partial charge in [-0.05, 0) is 12.1 Å². The van der Waals surface area contributed by atoms with Crippen molar-refractivity contribution in [2.24, 2.45) is 0 Å². The van der Waals surface area contributed by atoms with Crippen LogP contribution >= 0.6 is 11.6 Å². The molecule has 0 aliphatic heterocycles. The molecule has 0 aliphatic rings. The molecule has 2 aromatic rings. The van der Waals surface area contributed by atoms with Crippen LogP contribution in [0.5, 0.6) is 5.88 Å². The molecule has 0 bridgehead atoms. The number of aromatic nitrogens is 2. The molecule has 0 aliphatic carbocycles. The van der Waals surface area contributed by atoms with E-state index in [1.54, 1.807) is 24.3 Å². The van der Waals surface area contributed by atoms with Crippen molar-refractivity contribution in [1.29, 1.82) is 0 Å². The predicted octanol–water partition coefficient (Wildman–Crippen LogP) is 2.02. The summed E-state index contributed by atoms with van der Waals surface area (Å²) in [5.41, 5.74) is 0.506. The minimum absolute atomic E-state index is 0.0184. The summed E-state index contributed by atoms with van der Waals surface area (Å²) >= 11 is 5.97. The molecular formula is C11H9ClN2O3. The Bertz CT molecular complexity index is 566. The van der Waals surface area contributed by atoms with Crippen LogP contribution in [0.4, 0.5) is 0 Å². The van der Waals surface area contributed by atoms with Crippen LogP contribution in [0.1, 0.15) is 10.5 Å². The van der Waals surface area contributed by atoms with Gasteiger partial charge < -0.3 is 9.84 Å². The van der Waals surface area contributed by atoms with E-state index in [9.17, 15) is 9.90 Å². The summed E-state index contributed by atoms with van der Waals surface area (Å²) in [6.45, 7) is 0. The minimum Gasteiger partial charge on any atom is -0.493 e. The van der Waals surface area contributed by atoms with Crippen LogP contribution in [-0.2, 0) is 4.74 Å². The van der Waals surface area contributed by atoms with Crippen molar-refractivity contribution < 1.29 is 14.6 Å². The molecule has 0 fully saturated rings. The predicted molar refractivity (Wildman–Crippen MR) is 61.6 cm³/mol. The molecule has 1 N–H and O–H groups in total. The molecular weight excluding hydrogens is 244 g/mol. The second-order valence-corrected chi connectivity index (χ2v) is 3.65. The van der Waals surface area contributed by atoms with Crippen molar-refractivity contribution in [2.75, 3.05) is 7.11 Å². The summed E-state index contributed by atoms with van der Waals surface area (Å²) in [5, 5.41) is 14.0. The van der Waals surface area contributed by atoms with Crippen molar-refractivity contribution in [2.45, 2.75) is 0 Å². The highest BCUT2D eigenvalue weighted by Gasteiger charge is 2.16. The molecule has 0 saturated carbocycles. The first-order valence-electron chi connectivity index (χ1n) is 4.75. The van der Waals surface area contributed by atoms with Crippen LogP contribution < -0.4 is 0 Å². The standard InChI is InChI=1S/C11H9ClN2O3/c1-17-11(16)8-6-10(15)14(13-8)9-5-3-2-4-7(9)12/h2-6,15H,1H3. The number of carbonyl (C=O) groups excluding carboxylic acids is 1. The molecule has 0 amide bonds. The van der Waals surface area contributed by atoms with E-state index in [1.807, 2.05) is 0 Å². The van der Waals surface area contributed by atoms with Gasteiger partial charge in [0.1, 0.15) is 0 Å². The second kappa shape index (κ2) is 4.47. The number of hydrogen-bond acceptors (Lipinski definition) is 4. The number of methoxy groups -OCH3 is 1. The van der Waals surface area contributed by atoms with Crippen molar-refractivity contribution in [3.63, 3.8) is 0 Å². The molecule has 2 rings (SSSR count). The molecule has 17 heavy (non-hydrogen) atoms. The Morgan fingerprint density at radius 1 is 1.47 bits per heavy atom. The highest BCUT2D eigenvalue weighted by Crippen LogP contribution is 2.24. The van der Waals surface area contributed by atoms with Crippen LogP contribution in [0, 0.1) is 0 Å². The Hall–Kier alpha value is -2.01. The normalized spacial score (nSPS) is 10.2. The summed E-state index contributed by atoms with van der Waals surface area (Å²) in [7, 11) is 1.24. The number of esters is 1. The average molecular weight is 253 g/mol. The Morgan fingerprint density at radius 2 is 2.18 bits per heavy atom. The van der Waals surface area contributed by atoms with E-state index in [1.165, 1.54) is 17.9 Å². The van der Waals surface area contributed by atoms with Crippen molar-refractivity contribution >= 4 is 17.6 Å². The van der Waals surface area contributed by atoms with Crippen LogP contribution in [0.15, 0.2) is 30.3 Å². The molecule has 1 aromatic carbocycles. The van der Waals surface area contributed by atoms with Gasteiger partial charge in [-0.3, -0.25) is 0 Å². The number of para-hydroxylation sites is 1. The van der Waals surface area contributed by atoms with Crippen molar-refractivity contribution in [3.05, 3.63) is 41.0 Å². The molecule has 0 unspecified atom stereocenters. The van der Waals surface area contributed by atoms with E-state index in [4.69, 9.17) is 11.6 Å². The fraction of sp³-hybridized carbons (Fsp3) is 0.0909. The third-order valence-corrected chi connectivity index (χ3v) is 2.49. The number of carbonyl (C=O) groups is 1. The molecule has 0 saturated heterocycles. The zero-order chi connectivity index (χ0) is 12.4. The number of halogens is 1. The number of rotatable bonds is 2. The van der Waals surface area contributed by atoms with Crippen LogP contribution in [0.2, 0.25) is 5.02 Å². The largest absolute Gasteiger partial charge is 0.493 e. The molecule has 6 heteroatoms. The first-order valence-corrected chi connectivity index (χ1v) is 5.13. The highest BCUT2D eigenvalue weighted by molar-refractivity contribution is 6.32. The van der Waals surface area contributed by atoms with Gasteiger partial charge in [0.2, 0.25) is 5.88 Å². The van der Waals surface area contributed by atoms with Gasteiger partial charge in [0.05, 0.1) is 17.8 Å². The molecule has 1 heterocycles. The van der Waals surface area contributed by atoms with E-state index < -0.39 is 5.97 Å². The monoisotopic (exact) mass is 252 g/mol. The first kappa shape index (κ1) is 11.5. The van der Waals surface area contributed by atoms with Gasteiger partial charge in [-0.2, -0.15) is 9.78 Å². The van der Waals surface area contributed by atoms with Gasteiger partial charge in [-0.15, -0.1) is 0 Å². The maximum atomic E-state index is 11.3. The van der Waals surface area contributed by atoms with Crippen LogP contribution in [0.3, 0.4) is 0 Å². The minimum atomic E-state index is -0.619. The Kier molecular flexibility index (Phi) is 3.01. The Labute approximate surface area is 102 Å². The van der Waals surface area contributed by atoms with E-state index in [-0.39, 0.29) is 11.6 Å². The zero-order valence-electron chi connectivity index (χ0n) is 8.92. The Balaban J connectivity index is 2.50. The number of benzene rings is 1. The lowest BCUT2D eigenvalue weighted by molar-refractivity contribution is 0.0593. The van der Waals surface area contributed by atoms with Crippen LogP contribution in [0.25, 0.3) is 5.69 Å². The number of nitrogens with zero attached hydrogens (tertiary/aromatic N) is 2. The molecule has 0 atom stereocenters. The third kappa shape index (κ3) is 2.09. The van der Waals surface area contributed by atoms with Crippen molar-refractivity contribution in [1.82, 2.24) is 9.78 Å². The number of hydrogen-bond donors (Lipinski definition) is 1. The van der Waals surface area contributed by atoms with Gasteiger partial charge >= 0.3 is 5.97 Å². The Morgan fingerprint density at radius 3 is 2.82 bits per heavy atom. The lowest BCUT2D eigenvalue weighted by atomic mass is 10.3. The van der Waals surface area contributed by atoms with Crippen molar-refractivity contribution in [3.8, 4) is 11.6 Å². The first-order chi connectivity index (χ1) is 8.13. The quantitative estimate of drug-likeness (QED) is 0.831. The van der Waals surface area contributed by atoms with Gasteiger partial charge in [0.15, 0.2) is 5.69 Å². The molecule has 5 nitrogen and oxygen atoms in total. The van der Waals surface area contributed by atoms with E-state index >= 15 is 0 Å². The average Bonchev–Trinajstić information content (AvgIpc) is 2.71. The maximum absolute atomic E-state index is 11.3. The zero-order valence-corrected chi connectivity index (χ0v) is 9.68. The fourth-order valence-electron chi connectivity index (χ4n) is 1.38. The lowest BCUT2D eigenvalue weighted by Gasteiger charge is -2.04. The van der Waals surface area contributed by atoms with E-state index in [0.29, 0.717) is 10.7 Å². The molecule has 0 radical (unpaired) electrons. The number of ether oxygens (including phenoxy) is 1. The van der Waals surface area contributed by atoms with E-state index in [0.717, 1.165) is 0 Å². The summed E-state index contributed by atoms with van der Waals surface area (Å²) in [6, 6.07) is 8.06. The number of aromatic hydroxyl groups is 1. The molecule has 0 spiro atoms. The molecule has 88 valence electrons. The van der Waals surface area contributed by atoms with Gasteiger partial charge in [-0.1, -0.05) is 23.7 Å². The summed E-state index contributed by atoms with van der Waals surface area (Å²) in [5.74, 6) is -0.801. The SMILES string of the molecule is COC(=O)c1cc(O)n(-c2ccccc2Cl)n1. The summed E-state index contributed by atoms with van der Waals surface area (Å²) in [6.07, 6.45) is 0. The van der Waals surface area contributed by atoms with E-state index in [2.05, 4.69) is 9.84 Å². The topological polar surface area (TPSA) is 64.3 Å². The van der Waals surface area contributed by atoms with Gasteiger partial charge in [-0.25, -0.2) is 4.79 Å². The van der Waals surface area contributed by atoms with Gasteiger partial charge in [0, 0.05) is 6.07 Å². The fourth-order valence-corrected chi connectivity index (χ4v) is 1.59. The summed E-state index contributed by atoms with van der Waals surface area (Å²) < 4.78 is 5.69. The maximum Gasteiger partial charge on any atom is 0.358 e. The second-order valence-electron chi connectivity index (χ2n) is 3.24. The summed E-state index contributed by atoms with van der Waals surface area (Å²) in [4.78, 5) is 11.3. The third-order valence-electron chi connectivity index (χ3n) is 2.17. The molecule has 1 aromatic heterocycles. The highest BCUT2D eigenvalue weighted by atomic mass is 35.5. The van der Waals surface area contributed by atoms with Crippen LogP contribution in [-0.4, -0.2) is 28.0 Å².